The molecule has 0 saturated carbocycles. The lowest BCUT2D eigenvalue weighted by atomic mass is 9.93. The first kappa shape index (κ1) is 15.3. The van der Waals surface area contributed by atoms with Crippen LogP contribution in [-0.4, -0.2) is 26.2 Å². The van der Waals surface area contributed by atoms with Crippen molar-refractivity contribution in [2.45, 2.75) is 20.8 Å². The Balaban J connectivity index is 2.68. The molecule has 0 amide bonds. The summed E-state index contributed by atoms with van der Waals surface area (Å²) in [6, 6.07) is 4.62. The number of benzene rings is 1. The van der Waals surface area contributed by atoms with Gasteiger partial charge in [-0.3, -0.25) is 4.79 Å². The van der Waals surface area contributed by atoms with Gasteiger partial charge in [0.2, 0.25) is 0 Å². The highest BCUT2D eigenvalue weighted by Crippen LogP contribution is 2.23. The Kier molecular flexibility index (Phi) is 5.15. The van der Waals surface area contributed by atoms with Gasteiger partial charge < -0.3 is 14.8 Å². The van der Waals surface area contributed by atoms with Gasteiger partial charge in [0.05, 0.1) is 19.1 Å². The minimum atomic E-state index is -0.677. The fraction of sp³-hybridized carbons (Fsp3) is 0.500. The molecule has 1 aromatic carbocycles. The van der Waals surface area contributed by atoms with Crippen LogP contribution in [0.2, 0.25) is 0 Å². The summed E-state index contributed by atoms with van der Waals surface area (Å²) in [6.45, 7) is 6.09. The first-order valence-corrected chi connectivity index (χ1v) is 6.15. The van der Waals surface area contributed by atoms with E-state index in [0.717, 1.165) is 0 Å². The van der Waals surface area contributed by atoms with Crippen molar-refractivity contribution in [3.05, 3.63) is 24.0 Å². The second-order valence-electron chi connectivity index (χ2n) is 4.81. The van der Waals surface area contributed by atoms with Gasteiger partial charge in [0.25, 0.3) is 0 Å². The number of nitrogens with one attached hydrogen (secondary N) is 1. The topological polar surface area (TPSA) is 47.6 Å². The number of ether oxygens (including phenoxy) is 2. The molecule has 5 heteroatoms. The summed E-state index contributed by atoms with van der Waals surface area (Å²) in [4.78, 5) is 11.5. The number of rotatable bonds is 6. The summed E-state index contributed by atoms with van der Waals surface area (Å²) in [5.41, 5.74) is -0.0815. The number of carbonyl (C=O) groups is 1. The molecule has 19 heavy (non-hydrogen) atoms. The van der Waals surface area contributed by atoms with Gasteiger partial charge in [-0.1, -0.05) is 0 Å². The summed E-state index contributed by atoms with van der Waals surface area (Å²) >= 11 is 0. The number of hydrogen-bond donors (Lipinski definition) is 1. The number of methoxy groups -OCH3 is 1. The third-order valence-electron chi connectivity index (χ3n) is 2.70. The van der Waals surface area contributed by atoms with E-state index in [1.54, 1.807) is 32.9 Å². The Morgan fingerprint density at radius 3 is 2.63 bits per heavy atom. The van der Waals surface area contributed by atoms with Gasteiger partial charge >= 0.3 is 5.97 Å². The lowest BCUT2D eigenvalue weighted by Gasteiger charge is -2.22. The number of hydrogen-bond acceptors (Lipinski definition) is 4. The Morgan fingerprint density at radius 2 is 2.11 bits per heavy atom. The number of carbonyl (C=O) groups excluding carboxylic acids is 1. The van der Waals surface area contributed by atoms with Crippen LogP contribution >= 0.6 is 0 Å². The minimum absolute atomic E-state index is 0.222. The Bertz CT molecular complexity index is 446. The van der Waals surface area contributed by atoms with E-state index in [9.17, 15) is 9.18 Å². The van der Waals surface area contributed by atoms with E-state index in [4.69, 9.17) is 9.47 Å². The number of anilines is 1. The normalized spacial score (nSPS) is 11.0. The zero-order valence-corrected chi connectivity index (χ0v) is 11.7. The van der Waals surface area contributed by atoms with E-state index in [1.807, 2.05) is 0 Å². The van der Waals surface area contributed by atoms with Crippen LogP contribution < -0.4 is 10.1 Å². The molecule has 0 spiro atoms. The summed E-state index contributed by atoms with van der Waals surface area (Å²) in [5.74, 6) is -0.519. The molecule has 1 N–H and O–H groups in total. The second-order valence-corrected chi connectivity index (χ2v) is 4.81. The van der Waals surface area contributed by atoms with Crippen LogP contribution in [0.4, 0.5) is 10.1 Å². The van der Waals surface area contributed by atoms with Crippen molar-refractivity contribution in [3.8, 4) is 5.75 Å². The van der Waals surface area contributed by atoms with Crippen molar-refractivity contribution >= 4 is 11.7 Å². The first-order valence-electron chi connectivity index (χ1n) is 6.15. The van der Waals surface area contributed by atoms with Crippen molar-refractivity contribution in [2.24, 2.45) is 5.41 Å². The van der Waals surface area contributed by atoms with Crippen molar-refractivity contribution in [1.82, 2.24) is 0 Å². The molecule has 1 rings (SSSR count). The average molecular weight is 269 g/mol. The zero-order chi connectivity index (χ0) is 14.5. The molecule has 0 heterocycles. The maximum atomic E-state index is 13.6. The standard InChI is InChI=1S/C14H20FNO3/c1-5-19-12-7-6-10(8-11(12)15)16-9-14(2,3)13(17)18-4/h6-8,16H,5,9H2,1-4H3. The van der Waals surface area contributed by atoms with Crippen LogP contribution in [0, 0.1) is 11.2 Å². The molecular weight excluding hydrogens is 249 g/mol. The molecule has 4 nitrogen and oxygen atoms in total. The number of esters is 1. The molecular formula is C14H20FNO3. The van der Waals surface area contributed by atoms with Crippen molar-refractivity contribution < 1.29 is 18.7 Å². The predicted octanol–water partition coefficient (Wildman–Crippen LogP) is 2.84. The average Bonchev–Trinajstić information content (AvgIpc) is 2.38. The SMILES string of the molecule is CCOc1ccc(NCC(C)(C)C(=O)OC)cc1F. The third kappa shape index (κ3) is 4.12. The lowest BCUT2D eigenvalue weighted by Crippen LogP contribution is -2.33. The van der Waals surface area contributed by atoms with Crippen LogP contribution in [0.25, 0.3) is 0 Å². The minimum Gasteiger partial charge on any atom is -0.491 e. The Morgan fingerprint density at radius 1 is 1.42 bits per heavy atom. The van der Waals surface area contributed by atoms with Gasteiger partial charge in [0, 0.05) is 18.3 Å². The smallest absolute Gasteiger partial charge is 0.313 e. The van der Waals surface area contributed by atoms with E-state index in [0.29, 0.717) is 18.8 Å². The van der Waals surface area contributed by atoms with Gasteiger partial charge in [-0.05, 0) is 32.9 Å². The second kappa shape index (κ2) is 6.41. The maximum Gasteiger partial charge on any atom is 0.313 e. The molecule has 106 valence electrons. The molecule has 0 fully saturated rings. The van der Waals surface area contributed by atoms with Crippen LogP contribution in [0.15, 0.2) is 18.2 Å². The Labute approximate surface area is 112 Å². The first-order chi connectivity index (χ1) is 8.90. The van der Waals surface area contributed by atoms with Crippen LogP contribution in [0.1, 0.15) is 20.8 Å². The van der Waals surface area contributed by atoms with E-state index >= 15 is 0 Å². The van der Waals surface area contributed by atoms with Gasteiger partial charge in [-0.25, -0.2) is 4.39 Å². The highest BCUT2D eigenvalue weighted by atomic mass is 19.1. The fourth-order valence-electron chi connectivity index (χ4n) is 1.55. The number of halogens is 1. The van der Waals surface area contributed by atoms with Gasteiger partial charge in [0.1, 0.15) is 0 Å². The molecule has 0 saturated heterocycles. The molecule has 0 aliphatic rings. The summed E-state index contributed by atoms with van der Waals surface area (Å²) in [5, 5.41) is 3.01. The van der Waals surface area contributed by atoms with Gasteiger partial charge in [0.15, 0.2) is 11.6 Å². The molecule has 0 atom stereocenters. The largest absolute Gasteiger partial charge is 0.491 e. The van der Waals surface area contributed by atoms with Crippen molar-refractivity contribution in [2.75, 3.05) is 25.6 Å². The summed E-state index contributed by atoms with van der Waals surface area (Å²) < 4.78 is 23.4. The molecule has 0 aliphatic carbocycles. The van der Waals surface area contributed by atoms with E-state index < -0.39 is 11.2 Å². The Hall–Kier alpha value is -1.78. The molecule has 0 aromatic heterocycles. The highest BCUT2D eigenvalue weighted by Gasteiger charge is 2.28. The highest BCUT2D eigenvalue weighted by molar-refractivity contribution is 5.76. The van der Waals surface area contributed by atoms with Gasteiger partial charge in [-0.15, -0.1) is 0 Å². The van der Waals surface area contributed by atoms with E-state index in [-0.39, 0.29) is 11.7 Å². The summed E-state index contributed by atoms with van der Waals surface area (Å²) in [7, 11) is 1.35. The molecule has 0 unspecified atom stereocenters. The predicted molar refractivity (Wildman–Crippen MR) is 71.9 cm³/mol. The van der Waals surface area contributed by atoms with Crippen LogP contribution in [0.3, 0.4) is 0 Å². The summed E-state index contributed by atoms with van der Waals surface area (Å²) in [6.07, 6.45) is 0. The van der Waals surface area contributed by atoms with Crippen molar-refractivity contribution in [3.63, 3.8) is 0 Å². The van der Waals surface area contributed by atoms with E-state index in [2.05, 4.69) is 5.32 Å². The molecule has 0 aliphatic heterocycles. The van der Waals surface area contributed by atoms with Gasteiger partial charge in [-0.2, -0.15) is 0 Å². The lowest BCUT2D eigenvalue weighted by molar-refractivity contribution is -0.149. The monoisotopic (exact) mass is 269 g/mol. The zero-order valence-electron chi connectivity index (χ0n) is 11.7. The van der Waals surface area contributed by atoms with Crippen LogP contribution in [-0.2, 0) is 9.53 Å². The molecule has 0 radical (unpaired) electrons. The fourth-order valence-corrected chi connectivity index (χ4v) is 1.55. The van der Waals surface area contributed by atoms with Crippen molar-refractivity contribution in [1.29, 1.82) is 0 Å². The third-order valence-corrected chi connectivity index (χ3v) is 2.70. The molecule has 1 aromatic rings. The maximum absolute atomic E-state index is 13.6. The molecule has 0 bridgehead atoms. The van der Waals surface area contributed by atoms with E-state index in [1.165, 1.54) is 13.2 Å². The van der Waals surface area contributed by atoms with Crippen LogP contribution in [0.5, 0.6) is 5.75 Å². The quantitative estimate of drug-likeness (QED) is 0.807.